The van der Waals surface area contributed by atoms with Gasteiger partial charge in [-0.2, -0.15) is 0 Å². The molecule has 2 saturated carbocycles. The van der Waals surface area contributed by atoms with Gasteiger partial charge in [-0.3, -0.25) is 14.6 Å². The number of amides is 1. The summed E-state index contributed by atoms with van der Waals surface area (Å²) in [7, 11) is 0. The molecule has 2 aliphatic carbocycles. The van der Waals surface area contributed by atoms with Gasteiger partial charge in [0.05, 0.1) is 12.0 Å². The Morgan fingerprint density at radius 3 is 2.80 bits per heavy atom. The van der Waals surface area contributed by atoms with Crippen molar-refractivity contribution in [2.75, 3.05) is 0 Å². The Morgan fingerprint density at radius 1 is 1.50 bits per heavy atom. The molecule has 5 nitrogen and oxygen atoms in total. The number of nitrogens with one attached hydrogen (secondary N) is 1. The lowest BCUT2D eigenvalue weighted by Gasteiger charge is -2.23. The summed E-state index contributed by atoms with van der Waals surface area (Å²) in [4.78, 5) is 28.0. The van der Waals surface area contributed by atoms with E-state index in [0.29, 0.717) is 17.1 Å². The first-order chi connectivity index (χ1) is 9.40. The zero-order valence-electron chi connectivity index (χ0n) is 11.8. The first-order valence-corrected chi connectivity index (χ1v) is 8.03. The van der Waals surface area contributed by atoms with Crippen LogP contribution in [0.1, 0.15) is 39.5 Å². The van der Waals surface area contributed by atoms with Crippen LogP contribution in [-0.4, -0.2) is 32.9 Å². The van der Waals surface area contributed by atoms with Crippen LogP contribution in [0.4, 0.5) is 0 Å². The van der Waals surface area contributed by atoms with Gasteiger partial charge in [-0.1, -0.05) is 25.1 Å². The van der Waals surface area contributed by atoms with Crippen molar-refractivity contribution in [2.24, 2.45) is 22.7 Å². The van der Waals surface area contributed by atoms with Gasteiger partial charge in [0.2, 0.25) is 5.91 Å². The maximum atomic E-state index is 12.1. The number of rotatable bonds is 3. The van der Waals surface area contributed by atoms with Gasteiger partial charge in [0.25, 0.3) is 0 Å². The molecule has 0 aromatic rings. The number of carbonyl (C=O) groups excluding carboxylic acids is 1. The van der Waals surface area contributed by atoms with Gasteiger partial charge >= 0.3 is 5.97 Å². The highest BCUT2D eigenvalue weighted by atomic mass is 32.2. The van der Waals surface area contributed by atoms with E-state index >= 15 is 0 Å². The number of thioether (sulfide) groups is 1. The van der Waals surface area contributed by atoms with Crippen LogP contribution >= 0.6 is 11.8 Å². The molecule has 0 spiro atoms. The standard InChI is InChI=1S/C14H20N2O3S/c1-7(11(17)18)14(2)12(19)16-13(20-14)15-10-6-8-3-4-9(10)5-8/h7-10H,3-6H2,1-2H3,(H,17,18)(H,15,16,19)/t7-,8+,9-,10-,14-/m0/s1. The van der Waals surface area contributed by atoms with Crippen molar-refractivity contribution in [1.29, 1.82) is 0 Å². The van der Waals surface area contributed by atoms with Crippen molar-refractivity contribution in [2.45, 2.75) is 50.3 Å². The number of nitrogens with zero attached hydrogens (tertiary/aromatic N) is 1. The van der Waals surface area contributed by atoms with E-state index in [1.807, 2.05) is 0 Å². The molecular formula is C14H20N2O3S. The molecule has 1 saturated heterocycles. The molecule has 3 fully saturated rings. The third kappa shape index (κ3) is 2.14. The average Bonchev–Trinajstić information content (AvgIpc) is 3.05. The second kappa shape index (κ2) is 4.76. The molecule has 0 aromatic heterocycles. The zero-order valence-corrected chi connectivity index (χ0v) is 12.6. The van der Waals surface area contributed by atoms with Crippen molar-refractivity contribution in [3.8, 4) is 0 Å². The Hall–Kier alpha value is -1.04. The third-order valence-corrected chi connectivity index (χ3v) is 6.52. The van der Waals surface area contributed by atoms with E-state index in [-0.39, 0.29) is 5.91 Å². The molecule has 20 heavy (non-hydrogen) atoms. The highest BCUT2D eigenvalue weighted by Crippen LogP contribution is 2.47. The minimum Gasteiger partial charge on any atom is -0.481 e. The molecular weight excluding hydrogens is 276 g/mol. The van der Waals surface area contributed by atoms with Crippen LogP contribution in [0, 0.1) is 17.8 Å². The number of carbonyl (C=O) groups is 2. The lowest BCUT2D eigenvalue weighted by Crippen LogP contribution is -2.42. The van der Waals surface area contributed by atoms with Crippen LogP contribution in [0.15, 0.2) is 4.99 Å². The number of aliphatic imine (C=N–C) groups is 1. The molecule has 0 radical (unpaired) electrons. The summed E-state index contributed by atoms with van der Waals surface area (Å²) in [6.07, 6.45) is 4.95. The van der Waals surface area contributed by atoms with Gasteiger partial charge in [0, 0.05) is 0 Å². The minimum atomic E-state index is -0.956. The van der Waals surface area contributed by atoms with Crippen molar-refractivity contribution in [3.05, 3.63) is 0 Å². The molecule has 2 bridgehead atoms. The number of aliphatic carboxylic acids is 1. The van der Waals surface area contributed by atoms with Crippen molar-refractivity contribution < 1.29 is 14.7 Å². The lowest BCUT2D eigenvalue weighted by atomic mass is 9.94. The number of hydrogen-bond donors (Lipinski definition) is 2. The summed E-state index contributed by atoms with van der Waals surface area (Å²) in [6.45, 7) is 3.27. The molecule has 3 aliphatic rings. The highest BCUT2D eigenvalue weighted by Gasteiger charge is 2.50. The maximum absolute atomic E-state index is 12.1. The SMILES string of the molecule is C[C@@H](C(=O)O)[C@]1(C)SC(=N[C@H]2C[C@@H]3CC[C@H]2C3)NC1=O. The third-order valence-electron chi connectivity index (χ3n) is 5.16. The Balaban J connectivity index is 1.75. The predicted octanol–water partition coefficient (Wildman–Crippen LogP) is 1.87. The van der Waals surface area contributed by atoms with Crippen molar-refractivity contribution in [3.63, 3.8) is 0 Å². The van der Waals surface area contributed by atoms with Crippen LogP contribution in [0.3, 0.4) is 0 Å². The second-order valence-corrected chi connectivity index (χ2v) is 7.84. The van der Waals surface area contributed by atoms with E-state index in [2.05, 4.69) is 5.32 Å². The fraction of sp³-hybridized carbons (Fsp3) is 0.786. The number of hydrogen-bond acceptors (Lipinski definition) is 4. The monoisotopic (exact) mass is 296 g/mol. The first kappa shape index (κ1) is 13.9. The fourth-order valence-corrected chi connectivity index (χ4v) is 4.75. The van der Waals surface area contributed by atoms with Crippen LogP contribution in [0.2, 0.25) is 0 Å². The van der Waals surface area contributed by atoms with Crippen molar-refractivity contribution >= 4 is 28.8 Å². The maximum Gasteiger partial charge on any atom is 0.308 e. The Bertz CT molecular complexity index is 493. The largest absolute Gasteiger partial charge is 0.481 e. The van der Waals surface area contributed by atoms with E-state index in [0.717, 1.165) is 12.3 Å². The normalized spacial score (nSPS) is 43.0. The van der Waals surface area contributed by atoms with E-state index in [4.69, 9.17) is 10.1 Å². The van der Waals surface area contributed by atoms with Crippen LogP contribution in [0.5, 0.6) is 0 Å². The Kier molecular flexibility index (Phi) is 3.31. The van der Waals surface area contributed by atoms with E-state index in [1.165, 1.54) is 31.0 Å². The quantitative estimate of drug-likeness (QED) is 0.833. The number of carboxylic acid groups (broad SMARTS) is 1. The first-order valence-electron chi connectivity index (χ1n) is 7.21. The van der Waals surface area contributed by atoms with Gasteiger partial charge in [0.1, 0.15) is 4.75 Å². The lowest BCUT2D eigenvalue weighted by molar-refractivity contribution is -0.144. The molecule has 1 heterocycles. The number of amidine groups is 1. The van der Waals surface area contributed by atoms with Gasteiger partial charge < -0.3 is 10.4 Å². The zero-order chi connectivity index (χ0) is 14.5. The van der Waals surface area contributed by atoms with E-state index < -0.39 is 16.6 Å². The van der Waals surface area contributed by atoms with Crippen LogP contribution < -0.4 is 5.32 Å². The molecule has 1 aliphatic heterocycles. The minimum absolute atomic E-state index is 0.237. The van der Waals surface area contributed by atoms with Gasteiger partial charge in [-0.05, 0) is 38.0 Å². The topological polar surface area (TPSA) is 78.8 Å². The molecule has 0 unspecified atom stereocenters. The van der Waals surface area contributed by atoms with Gasteiger partial charge in [-0.25, -0.2) is 0 Å². The molecule has 3 rings (SSSR count). The Labute approximate surface area is 122 Å². The fourth-order valence-electron chi connectivity index (χ4n) is 3.59. The summed E-state index contributed by atoms with van der Waals surface area (Å²) >= 11 is 1.28. The van der Waals surface area contributed by atoms with Crippen LogP contribution in [-0.2, 0) is 9.59 Å². The highest BCUT2D eigenvalue weighted by molar-refractivity contribution is 8.16. The molecule has 2 N–H and O–H groups in total. The average molecular weight is 296 g/mol. The summed E-state index contributed by atoms with van der Waals surface area (Å²) in [5.41, 5.74) is 0. The number of fused-ring (bicyclic) bond motifs is 2. The molecule has 6 heteroatoms. The summed E-state index contributed by atoms with van der Waals surface area (Å²) in [5, 5.41) is 12.5. The molecule has 0 aromatic carbocycles. The van der Waals surface area contributed by atoms with Gasteiger partial charge in [0.15, 0.2) is 5.17 Å². The summed E-state index contributed by atoms with van der Waals surface area (Å²) in [6, 6.07) is 0.319. The Morgan fingerprint density at radius 2 is 2.25 bits per heavy atom. The molecule has 5 atom stereocenters. The van der Waals surface area contributed by atoms with Crippen LogP contribution in [0.25, 0.3) is 0 Å². The predicted molar refractivity (Wildman–Crippen MR) is 77.6 cm³/mol. The molecule has 110 valence electrons. The van der Waals surface area contributed by atoms with Crippen molar-refractivity contribution in [1.82, 2.24) is 5.32 Å². The smallest absolute Gasteiger partial charge is 0.308 e. The van der Waals surface area contributed by atoms with E-state index in [9.17, 15) is 9.59 Å². The summed E-state index contributed by atoms with van der Waals surface area (Å²) < 4.78 is -0.956. The van der Waals surface area contributed by atoms with E-state index in [1.54, 1.807) is 13.8 Å². The summed E-state index contributed by atoms with van der Waals surface area (Å²) in [5.74, 6) is -0.453. The second-order valence-electron chi connectivity index (χ2n) is 6.40. The molecule has 1 amide bonds. The number of carboxylic acids is 1. The van der Waals surface area contributed by atoms with Gasteiger partial charge in [-0.15, -0.1) is 0 Å².